The van der Waals surface area contributed by atoms with Crippen molar-refractivity contribution in [2.75, 3.05) is 43.0 Å². The first kappa shape index (κ1) is 15.8. The maximum absolute atomic E-state index is 12.8. The number of carbonyl (C=O) groups is 1. The molecule has 1 aromatic carbocycles. The minimum Gasteiger partial charge on any atom is -0.334 e. The summed E-state index contributed by atoms with van der Waals surface area (Å²) in [7, 11) is 2.08. The van der Waals surface area contributed by atoms with Crippen LogP contribution in [0.5, 0.6) is 0 Å². The van der Waals surface area contributed by atoms with Crippen molar-refractivity contribution in [3.8, 4) is 0 Å². The summed E-state index contributed by atoms with van der Waals surface area (Å²) in [6.45, 7) is 3.24. The molecule has 25 heavy (non-hydrogen) atoms. The van der Waals surface area contributed by atoms with E-state index in [0.29, 0.717) is 13.1 Å². The molecule has 1 fully saturated rings. The number of aromatic nitrogens is 2. The Morgan fingerprint density at radius 1 is 1.16 bits per heavy atom. The lowest BCUT2D eigenvalue weighted by Crippen LogP contribution is -2.50. The Labute approximate surface area is 147 Å². The van der Waals surface area contributed by atoms with Crippen LogP contribution >= 0.6 is 0 Å². The lowest BCUT2D eigenvalue weighted by molar-refractivity contribution is 0.242. The minimum absolute atomic E-state index is 0.0217. The SMILES string of the molecule is CN1CCC(NC(=O)N2CCN(c3cnccn3)c3ccccc32)C1. The van der Waals surface area contributed by atoms with Crippen LogP contribution in [0, 0.1) is 0 Å². The summed E-state index contributed by atoms with van der Waals surface area (Å²) in [6, 6.07) is 8.15. The third-order valence-corrected chi connectivity index (χ3v) is 4.80. The van der Waals surface area contributed by atoms with Crippen LogP contribution in [0.2, 0.25) is 0 Å². The average Bonchev–Trinajstić information content (AvgIpc) is 3.06. The Bertz CT molecular complexity index is 752. The van der Waals surface area contributed by atoms with Gasteiger partial charge >= 0.3 is 6.03 Å². The fraction of sp³-hybridized carbons (Fsp3) is 0.389. The molecule has 1 unspecified atom stereocenters. The summed E-state index contributed by atoms with van der Waals surface area (Å²) in [5.74, 6) is 0.799. The number of likely N-dealkylation sites (tertiary alicyclic amines) is 1. The number of nitrogens with one attached hydrogen (secondary N) is 1. The molecule has 2 aliphatic heterocycles. The van der Waals surface area contributed by atoms with E-state index >= 15 is 0 Å². The summed E-state index contributed by atoms with van der Waals surface area (Å²) in [6.07, 6.45) is 6.11. The second kappa shape index (κ2) is 6.68. The summed E-state index contributed by atoms with van der Waals surface area (Å²) in [5.41, 5.74) is 1.89. The van der Waals surface area contributed by atoms with Gasteiger partial charge in [-0.1, -0.05) is 12.1 Å². The molecule has 2 aliphatic rings. The molecule has 1 atom stereocenters. The van der Waals surface area contributed by atoms with Gasteiger partial charge in [0.2, 0.25) is 0 Å². The van der Waals surface area contributed by atoms with Gasteiger partial charge in [-0.2, -0.15) is 0 Å². The van der Waals surface area contributed by atoms with Crippen molar-refractivity contribution in [2.24, 2.45) is 0 Å². The second-order valence-corrected chi connectivity index (χ2v) is 6.55. The van der Waals surface area contributed by atoms with Gasteiger partial charge in [-0.15, -0.1) is 0 Å². The van der Waals surface area contributed by atoms with Gasteiger partial charge in [0.15, 0.2) is 5.82 Å². The van der Waals surface area contributed by atoms with E-state index in [0.717, 1.165) is 36.7 Å². The second-order valence-electron chi connectivity index (χ2n) is 6.55. The van der Waals surface area contributed by atoms with Crippen molar-refractivity contribution >= 4 is 23.2 Å². The molecule has 1 aromatic heterocycles. The van der Waals surface area contributed by atoms with Gasteiger partial charge in [0.1, 0.15) is 0 Å². The van der Waals surface area contributed by atoms with E-state index in [1.54, 1.807) is 18.6 Å². The van der Waals surface area contributed by atoms with Crippen molar-refractivity contribution in [3.63, 3.8) is 0 Å². The van der Waals surface area contributed by atoms with Gasteiger partial charge in [0.25, 0.3) is 0 Å². The molecule has 1 saturated heterocycles. The summed E-state index contributed by atoms with van der Waals surface area (Å²) in [5, 5.41) is 3.17. The zero-order valence-electron chi connectivity index (χ0n) is 14.3. The van der Waals surface area contributed by atoms with Crippen LogP contribution in [-0.4, -0.2) is 60.2 Å². The first-order chi connectivity index (χ1) is 12.2. The third kappa shape index (κ3) is 3.15. The van der Waals surface area contributed by atoms with Crippen LogP contribution in [0.3, 0.4) is 0 Å². The van der Waals surface area contributed by atoms with E-state index in [4.69, 9.17) is 0 Å². The van der Waals surface area contributed by atoms with Crippen LogP contribution in [0.4, 0.5) is 22.0 Å². The van der Waals surface area contributed by atoms with Crippen molar-refractivity contribution in [2.45, 2.75) is 12.5 Å². The normalized spacial score (nSPS) is 20.4. The number of para-hydroxylation sites is 2. The number of urea groups is 1. The van der Waals surface area contributed by atoms with E-state index in [-0.39, 0.29) is 12.1 Å². The van der Waals surface area contributed by atoms with Crippen LogP contribution < -0.4 is 15.1 Å². The van der Waals surface area contributed by atoms with Gasteiger partial charge in [0.05, 0.1) is 17.6 Å². The predicted molar refractivity (Wildman–Crippen MR) is 97.3 cm³/mol. The molecule has 0 radical (unpaired) electrons. The fourth-order valence-corrected chi connectivity index (χ4v) is 3.55. The maximum atomic E-state index is 12.8. The number of hydrogen-bond acceptors (Lipinski definition) is 5. The van der Waals surface area contributed by atoms with E-state index in [9.17, 15) is 4.79 Å². The fourth-order valence-electron chi connectivity index (χ4n) is 3.55. The first-order valence-corrected chi connectivity index (χ1v) is 8.61. The number of anilines is 3. The van der Waals surface area contributed by atoms with Crippen molar-refractivity contribution in [1.29, 1.82) is 0 Å². The number of likely N-dealkylation sites (N-methyl/N-ethyl adjacent to an activating group) is 1. The van der Waals surface area contributed by atoms with Crippen LogP contribution in [0.15, 0.2) is 42.9 Å². The molecule has 7 heteroatoms. The van der Waals surface area contributed by atoms with Crippen molar-refractivity contribution in [1.82, 2.24) is 20.2 Å². The van der Waals surface area contributed by atoms with Crippen LogP contribution in [0.25, 0.3) is 0 Å². The van der Waals surface area contributed by atoms with Gasteiger partial charge in [0, 0.05) is 38.1 Å². The summed E-state index contributed by atoms with van der Waals surface area (Å²) < 4.78 is 0. The largest absolute Gasteiger partial charge is 0.334 e. The Hall–Kier alpha value is -2.67. The molecular formula is C18H22N6O. The van der Waals surface area contributed by atoms with Gasteiger partial charge in [-0.05, 0) is 32.1 Å². The third-order valence-electron chi connectivity index (χ3n) is 4.80. The molecule has 0 bridgehead atoms. The maximum Gasteiger partial charge on any atom is 0.322 e. The number of rotatable bonds is 2. The van der Waals surface area contributed by atoms with Crippen molar-refractivity contribution < 1.29 is 4.79 Å². The highest BCUT2D eigenvalue weighted by Crippen LogP contribution is 2.36. The molecule has 2 amide bonds. The van der Waals surface area contributed by atoms with E-state index in [2.05, 4.69) is 32.1 Å². The zero-order chi connectivity index (χ0) is 17.2. The molecule has 0 saturated carbocycles. The summed E-state index contributed by atoms with van der Waals surface area (Å²) in [4.78, 5) is 27.6. The molecule has 2 aromatic rings. The first-order valence-electron chi connectivity index (χ1n) is 8.61. The molecular weight excluding hydrogens is 316 g/mol. The predicted octanol–water partition coefficient (Wildman–Crippen LogP) is 1.85. The minimum atomic E-state index is -0.0217. The molecule has 130 valence electrons. The number of fused-ring (bicyclic) bond motifs is 1. The molecule has 7 nitrogen and oxygen atoms in total. The molecule has 0 aliphatic carbocycles. The number of benzene rings is 1. The van der Waals surface area contributed by atoms with Crippen molar-refractivity contribution in [3.05, 3.63) is 42.9 Å². The Morgan fingerprint density at radius 3 is 2.72 bits per heavy atom. The smallest absolute Gasteiger partial charge is 0.322 e. The number of amides is 2. The number of carbonyl (C=O) groups excluding carboxylic acids is 1. The lowest BCUT2D eigenvalue weighted by Gasteiger charge is -2.37. The topological polar surface area (TPSA) is 64.6 Å². The summed E-state index contributed by atoms with van der Waals surface area (Å²) >= 11 is 0. The lowest BCUT2D eigenvalue weighted by atomic mass is 10.1. The van der Waals surface area contributed by atoms with E-state index < -0.39 is 0 Å². The highest BCUT2D eigenvalue weighted by molar-refractivity contribution is 5.97. The Balaban J connectivity index is 1.57. The van der Waals surface area contributed by atoms with Crippen LogP contribution in [-0.2, 0) is 0 Å². The van der Waals surface area contributed by atoms with Gasteiger partial charge in [-0.25, -0.2) is 9.78 Å². The van der Waals surface area contributed by atoms with Gasteiger partial charge in [-0.3, -0.25) is 9.88 Å². The average molecular weight is 338 g/mol. The van der Waals surface area contributed by atoms with E-state index in [1.807, 2.05) is 29.2 Å². The molecule has 1 N–H and O–H groups in total. The highest BCUT2D eigenvalue weighted by atomic mass is 16.2. The molecule has 4 rings (SSSR count). The monoisotopic (exact) mass is 338 g/mol. The number of hydrogen-bond donors (Lipinski definition) is 1. The van der Waals surface area contributed by atoms with E-state index in [1.165, 1.54) is 0 Å². The molecule has 3 heterocycles. The zero-order valence-corrected chi connectivity index (χ0v) is 14.3. The number of nitrogens with zero attached hydrogens (tertiary/aromatic N) is 5. The Morgan fingerprint density at radius 2 is 2.00 bits per heavy atom. The highest BCUT2D eigenvalue weighted by Gasteiger charge is 2.30. The standard InChI is InChI=1S/C18H22N6O/c1-22-9-6-14(13-22)21-18(25)24-11-10-23(17-12-19-7-8-20-17)15-4-2-3-5-16(15)24/h2-5,7-8,12,14H,6,9-11,13H2,1H3,(H,21,25). The quantitative estimate of drug-likeness (QED) is 0.905. The molecule has 0 spiro atoms. The van der Waals surface area contributed by atoms with Crippen LogP contribution in [0.1, 0.15) is 6.42 Å². The van der Waals surface area contributed by atoms with Gasteiger partial charge < -0.3 is 15.1 Å². The Kier molecular flexibility index (Phi) is 4.23.